The standard InChI is InChI=1S/C15H23BrS/c16-12-8-3-1-2-4-9-13-17-14-15-10-6-5-7-11-15/h5-7,10-11H,1-4,8-9,12-14H2. The minimum Gasteiger partial charge on any atom is -0.157 e. The lowest BCUT2D eigenvalue weighted by Crippen LogP contribution is -1.85. The highest BCUT2D eigenvalue weighted by atomic mass is 79.9. The summed E-state index contributed by atoms with van der Waals surface area (Å²) in [5.41, 5.74) is 1.45. The highest BCUT2D eigenvalue weighted by Gasteiger charge is 1.94. The van der Waals surface area contributed by atoms with Crippen molar-refractivity contribution in [1.82, 2.24) is 0 Å². The number of benzene rings is 1. The molecule has 0 aliphatic rings. The van der Waals surface area contributed by atoms with E-state index >= 15 is 0 Å². The third-order valence-electron chi connectivity index (χ3n) is 2.78. The van der Waals surface area contributed by atoms with Gasteiger partial charge < -0.3 is 0 Å². The fourth-order valence-electron chi connectivity index (χ4n) is 1.77. The van der Waals surface area contributed by atoms with Crippen LogP contribution in [0.1, 0.15) is 44.1 Å². The molecule has 0 nitrogen and oxygen atoms in total. The van der Waals surface area contributed by atoms with Gasteiger partial charge in [-0.25, -0.2) is 0 Å². The molecule has 0 atom stereocenters. The monoisotopic (exact) mass is 314 g/mol. The second-order valence-corrected chi connectivity index (χ2v) is 6.25. The summed E-state index contributed by atoms with van der Waals surface area (Å²) >= 11 is 5.54. The van der Waals surface area contributed by atoms with Crippen LogP contribution in [-0.4, -0.2) is 11.1 Å². The third kappa shape index (κ3) is 8.73. The summed E-state index contributed by atoms with van der Waals surface area (Å²) in [6.07, 6.45) is 8.34. The summed E-state index contributed by atoms with van der Waals surface area (Å²) in [7, 11) is 0. The van der Waals surface area contributed by atoms with Gasteiger partial charge in [0.25, 0.3) is 0 Å². The molecule has 0 heterocycles. The average molecular weight is 315 g/mol. The third-order valence-corrected chi connectivity index (χ3v) is 4.46. The van der Waals surface area contributed by atoms with E-state index in [9.17, 15) is 0 Å². The number of rotatable bonds is 10. The first-order chi connectivity index (χ1) is 8.43. The predicted octanol–water partition coefficient (Wildman–Crippen LogP) is 5.66. The van der Waals surface area contributed by atoms with Gasteiger partial charge in [0, 0.05) is 11.1 Å². The van der Waals surface area contributed by atoms with Gasteiger partial charge in [-0.1, -0.05) is 71.9 Å². The van der Waals surface area contributed by atoms with Crippen molar-refractivity contribution < 1.29 is 0 Å². The number of hydrogen-bond acceptors (Lipinski definition) is 1. The molecule has 0 amide bonds. The van der Waals surface area contributed by atoms with Crippen molar-refractivity contribution in [3.05, 3.63) is 35.9 Å². The van der Waals surface area contributed by atoms with Gasteiger partial charge in [-0.05, 0) is 24.2 Å². The Bertz CT molecular complexity index is 261. The Labute approximate surface area is 119 Å². The number of thioether (sulfide) groups is 1. The maximum atomic E-state index is 3.47. The van der Waals surface area contributed by atoms with Crippen molar-refractivity contribution in [3.63, 3.8) is 0 Å². The molecule has 96 valence electrons. The maximum absolute atomic E-state index is 3.47. The Morgan fingerprint density at radius 1 is 0.824 bits per heavy atom. The zero-order valence-electron chi connectivity index (χ0n) is 10.5. The number of halogens is 1. The van der Waals surface area contributed by atoms with Gasteiger partial charge in [-0.15, -0.1) is 0 Å². The van der Waals surface area contributed by atoms with E-state index in [1.807, 2.05) is 0 Å². The molecular formula is C15H23BrS. The molecule has 0 radical (unpaired) electrons. The molecule has 2 heteroatoms. The van der Waals surface area contributed by atoms with E-state index in [2.05, 4.69) is 58.0 Å². The number of alkyl halides is 1. The minimum absolute atomic E-state index is 1.17. The first-order valence-electron chi connectivity index (χ1n) is 6.61. The Hall–Kier alpha value is 0.0500. The first kappa shape index (κ1) is 15.1. The smallest absolute Gasteiger partial charge is 0.0184 e. The molecule has 1 aromatic carbocycles. The van der Waals surface area contributed by atoms with Crippen LogP contribution in [0.15, 0.2) is 30.3 Å². The lowest BCUT2D eigenvalue weighted by atomic mass is 10.1. The second kappa shape index (κ2) is 11.2. The SMILES string of the molecule is BrCCCCCCCCSCc1ccccc1. The van der Waals surface area contributed by atoms with Crippen LogP contribution in [0.2, 0.25) is 0 Å². The molecule has 0 spiro atoms. The lowest BCUT2D eigenvalue weighted by molar-refractivity contribution is 0.630. The van der Waals surface area contributed by atoms with E-state index in [-0.39, 0.29) is 0 Å². The van der Waals surface area contributed by atoms with Crippen molar-refractivity contribution in [1.29, 1.82) is 0 Å². The second-order valence-electron chi connectivity index (χ2n) is 4.35. The molecule has 0 saturated heterocycles. The molecule has 1 aromatic rings. The van der Waals surface area contributed by atoms with Crippen LogP contribution in [0, 0.1) is 0 Å². The van der Waals surface area contributed by atoms with Crippen molar-refractivity contribution in [2.75, 3.05) is 11.1 Å². The van der Waals surface area contributed by atoms with Crippen LogP contribution in [-0.2, 0) is 5.75 Å². The summed E-state index contributed by atoms with van der Waals surface area (Å²) in [4.78, 5) is 0. The van der Waals surface area contributed by atoms with Gasteiger partial charge in [-0.2, -0.15) is 11.8 Å². The van der Waals surface area contributed by atoms with E-state index in [4.69, 9.17) is 0 Å². The largest absolute Gasteiger partial charge is 0.157 e. The normalized spacial score (nSPS) is 10.6. The average Bonchev–Trinajstić information content (AvgIpc) is 2.38. The molecular weight excluding hydrogens is 292 g/mol. The molecule has 0 aliphatic carbocycles. The maximum Gasteiger partial charge on any atom is 0.0184 e. The molecule has 0 aliphatic heterocycles. The minimum atomic E-state index is 1.17. The molecule has 0 unspecified atom stereocenters. The van der Waals surface area contributed by atoms with Crippen LogP contribution in [0.3, 0.4) is 0 Å². The quantitative estimate of drug-likeness (QED) is 0.397. The molecule has 0 bridgehead atoms. The fourth-order valence-corrected chi connectivity index (χ4v) is 3.15. The fraction of sp³-hybridized carbons (Fsp3) is 0.600. The summed E-state index contributed by atoms with van der Waals surface area (Å²) in [5.74, 6) is 2.48. The van der Waals surface area contributed by atoms with Gasteiger partial charge >= 0.3 is 0 Å². The van der Waals surface area contributed by atoms with Crippen molar-refractivity contribution in [2.24, 2.45) is 0 Å². The summed E-state index contributed by atoms with van der Waals surface area (Å²) in [6.45, 7) is 0. The molecule has 17 heavy (non-hydrogen) atoms. The van der Waals surface area contributed by atoms with Gasteiger partial charge in [0.1, 0.15) is 0 Å². The Morgan fingerprint density at radius 2 is 1.47 bits per heavy atom. The highest BCUT2D eigenvalue weighted by Crippen LogP contribution is 2.15. The van der Waals surface area contributed by atoms with Gasteiger partial charge in [-0.3, -0.25) is 0 Å². The zero-order chi connectivity index (χ0) is 12.2. The Balaban J connectivity index is 1.85. The number of unbranched alkanes of at least 4 members (excludes halogenated alkanes) is 5. The van der Waals surface area contributed by atoms with Crippen LogP contribution < -0.4 is 0 Å². The molecule has 0 aromatic heterocycles. The predicted molar refractivity (Wildman–Crippen MR) is 84.1 cm³/mol. The Kier molecular flexibility index (Phi) is 9.92. The topological polar surface area (TPSA) is 0 Å². The molecule has 0 N–H and O–H groups in total. The van der Waals surface area contributed by atoms with E-state index in [1.165, 1.54) is 60.9 Å². The van der Waals surface area contributed by atoms with E-state index in [1.54, 1.807) is 0 Å². The highest BCUT2D eigenvalue weighted by molar-refractivity contribution is 9.09. The van der Waals surface area contributed by atoms with Crippen molar-refractivity contribution >= 4 is 27.7 Å². The molecule has 0 saturated carbocycles. The van der Waals surface area contributed by atoms with E-state index in [0.717, 1.165) is 0 Å². The summed E-state index contributed by atoms with van der Waals surface area (Å²) < 4.78 is 0. The van der Waals surface area contributed by atoms with Gasteiger partial charge in [0.15, 0.2) is 0 Å². The first-order valence-corrected chi connectivity index (χ1v) is 8.89. The van der Waals surface area contributed by atoms with Crippen LogP contribution >= 0.6 is 27.7 Å². The van der Waals surface area contributed by atoms with Crippen molar-refractivity contribution in [2.45, 2.75) is 44.3 Å². The van der Waals surface area contributed by atoms with E-state index < -0.39 is 0 Å². The lowest BCUT2D eigenvalue weighted by Gasteiger charge is -2.02. The van der Waals surface area contributed by atoms with Crippen LogP contribution in [0.4, 0.5) is 0 Å². The number of hydrogen-bond donors (Lipinski definition) is 0. The van der Waals surface area contributed by atoms with E-state index in [0.29, 0.717) is 0 Å². The van der Waals surface area contributed by atoms with Gasteiger partial charge in [0.2, 0.25) is 0 Å². The summed E-state index contributed by atoms with van der Waals surface area (Å²) in [5, 5.41) is 1.17. The van der Waals surface area contributed by atoms with Crippen LogP contribution in [0.25, 0.3) is 0 Å². The van der Waals surface area contributed by atoms with Crippen molar-refractivity contribution in [3.8, 4) is 0 Å². The molecule has 0 fully saturated rings. The van der Waals surface area contributed by atoms with Crippen LogP contribution in [0.5, 0.6) is 0 Å². The Morgan fingerprint density at radius 3 is 2.18 bits per heavy atom. The zero-order valence-corrected chi connectivity index (χ0v) is 12.9. The van der Waals surface area contributed by atoms with Gasteiger partial charge in [0.05, 0.1) is 0 Å². The summed E-state index contributed by atoms with van der Waals surface area (Å²) in [6, 6.07) is 10.8. The molecule has 1 rings (SSSR count).